The van der Waals surface area contributed by atoms with Gasteiger partial charge in [0, 0.05) is 0 Å². The van der Waals surface area contributed by atoms with Crippen molar-refractivity contribution in [2.45, 2.75) is 13.0 Å². The van der Waals surface area contributed by atoms with Gasteiger partial charge in [0.25, 0.3) is 0 Å². The molecular formula is C13H13NO. The lowest BCUT2D eigenvalue weighted by atomic mass is 10.0. The summed E-state index contributed by atoms with van der Waals surface area (Å²) in [5.41, 5.74) is 7.74. The fourth-order valence-electron chi connectivity index (χ4n) is 1.67. The molecule has 0 saturated carbocycles. The zero-order chi connectivity index (χ0) is 10.8. The average molecular weight is 199 g/mol. The van der Waals surface area contributed by atoms with E-state index in [4.69, 9.17) is 5.73 Å². The van der Waals surface area contributed by atoms with Crippen LogP contribution in [0, 0.1) is 6.92 Å². The second kappa shape index (κ2) is 3.83. The van der Waals surface area contributed by atoms with Crippen LogP contribution in [0.25, 0.3) is 10.8 Å². The molecule has 0 radical (unpaired) electrons. The number of hydrogen-bond donors (Lipinski definition) is 1. The average Bonchev–Trinajstić information content (AvgIpc) is 2.27. The molecule has 0 fully saturated rings. The second-order valence-corrected chi connectivity index (χ2v) is 3.77. The maximum Gasteiger partial charge on any atom is 0.141 e. The Bertz CT molecular complexity index is 505. The van der Waals surface area contributed by atoms with Crippen LogP contribution >= 0.6 is 0 Å². The summed E-state index contributed by atoms with van der Waals surface area (Å²) in [7, 11) is 0. The van der Waals surface area contributed by atoms with Crippen LogP contribution in [0.15, 0.2) is 36.4 Å². The minimum absolute atomic E-state index is 0.518. The van der Waals surface area contributed by atoms with Gasteiger partial charge in [-0.15, -0.1) is 0 Å². The number of hydrogen-bond acceptors (Lipinski definition) is 2. The minimum Gasteiger partial charge on any atom is -0.318 e. The van der Waals surface area contributed by atoms with Crippen molar-refractivity contribution in [2.24, 2.45) is 5.73 Å². The number of rotatable bonds is 2. The van der Waals surface area contributed by atoms with Gasteiger partial charge in [0.05, 0.1) is 6.04 Å². The molecular weight excluding hydrogens is 186 g/mol. The van der Waals surface area contributed by atoms with Crippen molar-refractivity contribution < 1.29 is 4.79 Å². The number of carbonyl (C=O) groups is 1. The predicted octanol–water partition coefficient (Wildman–Crippen LogP) is 2.35. The SMILES string of the molecule is Cc1ccc2cc(C(N)C=O)ccc2c1. The summed E-state index contributed by atoms with van der Waals surface area (Å²) in [4.78, 5) is 10.6. The first-order valence-corrected chi connectivity index (χ1v) is 4.92. The molecule has 0 heterocycles. The number of aryl methyl sites for hydroxylation is 1. The van der Waals surface area contributed by atoms with E-state index in [1.807, 2.05) is 24.3 Å². The lowest BCUT2D eigenvalue weighted by Gasteiger charge is -2.06. The minimum atomic E-state index is -0.518. The molecule has 1 atom stereocenters. The first kappa shape index (κ1) is 9.87. The van der Waals surface area contributed by atoms with E-state index < -0.39 is 6.04 Å². The summed E-state index contributed by atoms with van der Waals surface area (Å²) < 4.78 is 0. The van der Waals surface area contributed by atoms with Gasteiger partial charge in [-0.2, -0.15) is 0 Å². The molecule has 0 bridgehead atoms. The smallest absolute Gasteiger partial charge is 0.141 e. The highest BCUT2D eigenvalue weighted by Crippen LogP contribution is 2.19. The Morgan fingerprint density at radius 1 is 1.13 bits per heavy atom. The number of carbonyl (C=O) groups excluding carboxylic acids is 1. The first-order valence-electron chi connectivity index (χ1n) is 4.92. The number of nitrogens with two attached hydrogens (primary N) is 1. The molecule has 0 spiro atoms. The van der Waals surface area contributed by atoms with E-state index in [0.29, 0.717) is 0 Å². The fourth-order valence-corrected chi connectivity index (χ4v) is 1.67. The molecule has 2 nitrogen and oxygen atoms in total. The van der Waals surface area contributed by atoms with Gasteiger partial charge in [0.1, 0.15) is 6.29 Å². The van der Waals surface area contributed by atoms with Crippen LogP contribution in [0.2, 0.25) is 0 Å². The Hall–Kier alpha value is -1.67. The van der Waals surface area contributed by atoms with Crippen molar-refractivity contribution in [1.29, 1.82) is 0 Å². The van der Waals surface area contributed by atoms with Crippen LogP contribution in [0.3, 0.4) is 0 Å². The topological polar surface area (TPSA) is 43.1 Å². The van der Waals surface area contributed by atoms with Crippen LogP contribution < -0.4 is 5.73 Å². The van der Waals surface area contributed by atoms with E-state index in [1.54, 1.807) is 0 Å². The molecule has 0 aromatic heterocycles. The van der Waals surface area contributed by atoms with Crippen LogP contribution in [-0.4, -0.2) is 6.29 Å². The van der Waals surface area contributed by atoms with Crippen molar-refractivity contribution in [1.82, 2.24) is 0 Å². The molecule has 1 unspecified atom stereocenters. The number of fused-ring (bicyclic) bond motifs is 1. The number of benzene rings is 2. The summed E-state index contributed by atoms with van der Waals surface area (Å²) in [5, 5.41) is 2.30. The third kappa shape index (κ3) is 1.90. The molecule has 2 aromatic rings. The molecule has 2 N–H and O–H groups in total. The Morgan fingerprint density at radius 3 is 2.53 bits per heavy atom. The van der Waals surface area contributed by atoms with E-state index in [9.17, 15) is 4.79 Å². The van der Waals surface area contributed by atoms with Crippen molar-refractivity contribution >= 4 is 17.1 Å². The molecule has 0 saturated heterocycles. The molecule has 0 aliphatic carbocycles. The lowest BCUT2D eigenvalue weighted by Crippen LogP contribution is -2.10. The van der Waals surface area contributed by atoms with E-state index in [1.165, 1.54) is 10.9 Å². The maximum atomic E-state index is 10.6. The van der Waals surface area contributed by atoms with Gasteiger partial charge in [-0.3, -0.25) is 0 Å². The zero-order valence-electron chi connectivity index (χ0n) is 8.60. The van der Waals surface area contributed by atoms with Gasteiger partial charge in [0.15, 0.2) is 0 Å². The van der Waals surface area contributed by atoms with Crippen molar-refractivity contribution in [3.8, 4) is 0 Å². The van der Waals surface area contributed by atoms with Crippen molar-refractivity contribution in [3.05, 3.63) is 47.5 Å². The summed E-state index contributed by atoms with van der Waals surface area (Å²) in [6, 6.07) is 11.6. The number of aldehydes is 1. The van der Waals surface area contributed by atoms with Gasteiger partial charge < -0.3 is 10.5 Å². The van der Waals surface area contributed by atoms with Crippen LogP contribution in [0.1, 0.15) is 17.2 Å². The van der Waals surface area contributed by atoms with E-state index in [2.05, 4.69) is 19.1 Å². The predicted molar refractivity (Wildman–Crippen MR) is 61.7 cm³/mol. The highest BCUT2D eigenvalue weighted by molar-refractivity contribution is 5.84. The van der Waals surface area contributed by atoms with Crippen LogP contribution in [-0.2, 0) is 4.79 Å². The Morgan fingerprint density at radius 2 is 1.80 bits per heavy atom. The molecule has 76 valence electrons. The maximum absolute atomic E-state index is 10.6. The Kier molecular flexibility index (Phi) is 2.52. The van der Waals surface area contributed by atoms with Gasteiger partial charge in [0.2, 0.25) is 0 Å². The third-order valence-electron chi connectivity index (χ3n) is 2.55. The van der Waals surface area contributed by atoms with E-state index >= 15 is 0 Å². The first-order chi connectivity index (χ1) is 7.20. The standard InChI is InChI=1S/C13H13NO/c1-9-2-3-11-7-12(13(14)8-15)5-4-10(11)6-9/h2-8,13H,14H2,1H3. The molecule has 2 heteroatoms. The summed E-state index contributed by atoms with van der Waals surface area (Å²) in [5.74, 6) is 0. The summed E-state index contributed by atoms with van der Waals surface area (Å²) in [6.07, 6.45) is 0.759. The van der Waals surface area contributed by atoms with Gasteiger partial charge in [-0.25, -0.2) is 0 Å². The molecule has 0 aliphatic heterocycles. The molecule has 2 aromatic carbocycles. The third-order valence-corrected chi connectivity index (χ3v) is 2.55. The van der Waals surface area contributed by atoms with Crippen molar-refractivity contribution in [2.75, 3.05) is 0 Å². The monoisotopic (exact) mass is 199 g/mol. The summed E-state index contributed by atoms with van der Waals surface area (Å²) in [6.45, 7) is 2.06. The molecule has 2 rings (SSSR count). The largest absolute Gasteiger partial charge is 0.318 e. The normalized spacial score (nSPS) is 12.7. The van der Waals surface area contributed by atoms with E-state index in [0.717, 1.165) is 17.2 Å². The van der Waals surface area contributed by atoms with Gasteiger partial charge in [-0.05, 0) is 29.3 Å². The van der Waals surface area contributed by atoms with Gasteiger partial charge >= 0.3 is 0 Å². The second-order valence-electron chi connectivity index (χ2n) is 3.77. The van der Waals surface area contributed by atoms with Gasteiger partial charge in [-0.1, -0.05) is 35.9 Å². The van der Waals surface area contributed by atoms with E-state index in [-0.39, 0.29) is 0 Å². The zero-order valence-corrected chi connectivity index (χ0v) is 8.60. The highest BCUT2D eigenvalue weighted by atomic mass is 16.1. The Balaban J connectivity index is 2.56. The van der Waals surface area contributed by atoms with Crippen LogP contribution in [0.4, 0.5) is 0 Å². The molecule has 0 amide bonds. The molecule has 0 aliphatic rings. The highest BCUT2D eigenvalue weighted by Gasteiger charge is 2.04. The summed E-state index contributed by atoms with van der Waals surface area (Å²) >= 11 is 0. The van der Waals surface area contributed by atoms with Crippen molar-refractivity contribution in [3.63, 3.8) is 0 Å². The van der Waals surface area contributed by atoms with Crippen LogP contribution in [0.5, 0.6) is 0 Å². The Labute approximate surface area is 88.7 Å². The quantitative estimate of drug-likeness (QED) is 0.754. The fraction of sp³-hybridized carbons (Fsp3) is 0.154. The lowest BCUT2D eigenvalue weighted by molar-refractivity contribution is -0.109. The molecule has 15 heavy (non-hydrogen) atoms.